The Labute approximate surface area is 168 Å². The summed E-state index contributed by atoms with van der Waals surface area (Å²) in [6.45, 7) is 2.70. The fourth-order valence-corrected chi connectivity index (χ4v) is 6.04. The van der Waals surface area contributed by atoms with Crippen molar-refractivity contribution in [2.45, 2.75) is 24.0 Å². The highest BCUT2D eigenvalue weighted by Crippen LogP contribution is 2.31. The van der Waals surface area contributed by atoms with E-state index in [1.807, 2.05) is 31.2 Å². The van der Waals surface area contributed by atoms with Crippen LogP contribution in [-0.4, -0.2) is 31.9 Å². The van der Waals surface area contributed by atoms with E-state index in [0.29, 0.717) is 41.0 Å². The number of fused-ring (bicyclic) bond motifs is 1. The number of aryl methyl sites for hydroxylation is 1. The molecule has 1 aliphatic rings. The van der Waals surface area contributed by atoms with Crippen LogP contribution in [0.25, 0.3) is 11.3 Å². The molecule has 0 saturated carbocycles. The summed E-state index contributed by atoms with van der Waals surface area (Å²) in [5.41, 5.74) is 3.78. The first-order chi connectivity index (χ1) is 12.9. The summed E-state index contributed by atoms with van der Waals surface area (Å²) in [6.07, 6.45) is 1.15. The minimum Gasteiger partial charge on any atom is -0.592 e. The van der Waals surface area contributed by atoms with Gasteiger partial charge in [-0.3, -0.25) is 0 Å². The van der Waals surface area contributed by atoms with E-state index in [2.05, 4.69) is 9.97 Å². The van der Waals surface area contributed by atoms with Gasteiger partial charge < -0.3 is 4.55 Å². The van der Waals surface area contributed by atoms with Crippen LogP contribution in [0.1, 0.15) is 17.1 Å². The Morgan fingerprint density at radius 2 is 1.89 bits per heavy atom. The lowest BCUT2D eigenvalue weighted by Gasteiger charge is -2.24. The van der Waals surface area contributed by atoms with E-state index < -0.39 is 10.4 Å². The predicted molar refractivity (Wildman–Crippen MR) is 108 cm³/mol. The second-order valence-electron chi connectivity index (χ2n) is 6.39. The smallest absolute Gasteiger partial charge is 0.229 e. The van der Waals surface area contributed by atoms with Crippen molar-refractivity contribution < 1.29 is 8.76 Å². The van der Waals surface area contributed by atoms with Gasteiger partial charge in [0.2, 0.25) is 4.21 Å². The Kier molecular flexibility index (Phi) is 5.13. The van der Waals surface area contributed by atoms with Crippen molar-refractivity contribution in [3.63, 3.8) is 0 Å². The maximum absolute atomic E-state index is 12.9. The van der Waals surface area contributed by atoms with Gasteiger partial charge in [-0.1, -0.05) is 39.3 Å². The molecule has 0 bridgehead atoms. The molecular weight excluding hydrogens is 402 g/mol. The number of halogens is 1. The van der Waals surface area contributed by atoms with Crippen molar-refractivity contribution in [1.29, 1.82) is 0 Å². The molecule has 3 heterocycles. The third kappa shape index (κ3) is 3.70. The van der Waals surface area contributed by atoms with Gasteiger partial charge in [0.15, 0.2) is 10.4 Å². The molecule has 1 atom stereocenters. The molecular formula is C19H18ClN3O2S2. The van der Waals surface area contributed by atoms with Gasteiger partial charge in [0.1, 0.15) is 5.82 Å². The van der Waals surface area contributed by atoms with Gasteiger partial charge in [-0.05, 0) is 36.9 Å². The number of thiophene rings is 1. The van der Waals surface area contributed by atoms with Gasteiger partial charge in [-0.15, -0.1) is 4.31 Å². The van der Waals surface area contributed by atoms with Crippen LogP contribution in [0.5, 0.6) is 0 Å². The quantitative estimate of drug-likeness (QED) is 0.597. The average Bonchev–Trinajstić information content (AvgIpc) is 3.10. The van der Waals surface area contributed by atoms with E-state index >= 15 is 0 Å². The van der Waals surface area contributed by atoms with Crippen molar-refractivity contribution in [2.24, 2.45) is 0 Å². The largest absolute Gasteiger partial charge is 0.592 e. The maximum atomic E-state index is 12.9. The minimum atomic E-state index is -3.47. The Bertz CT molecular complexity index is 1010. The average molecular weight is 420 g/mol. The highest BCUT2D eigenvalue weighted by molar-refractivity contribution is 7.97. The van der Waals surface area contributed by atoms with Crippen molar-refractivity contribution in [3.8, 4) is 11.3 Å². The van der Waals surface area contributed by atoms with Crippen molar-refractivity contribution in [2.75, 3.05) is 13.1 Å². The molecule has 0 spiro atoms. The summed E-state index contributed by atoms with van der Waals surface area (Å²) in [5, 5.41) is 2.45. The molecule has 27 heavy (non-hydrogen) atoms. The SMILES string of the molecule is Cc1nc2c(c(-c3ccc(Cl)cc3)n1)CCN([S+](=O)([O-])c1cccs1)CC2. The number of benzene rings is 1. The van der Waals surface area contributed by atoms with Crippen LogP contribution in [0.2, 0.25) is 5.02 Å². The van der Waals surface area contributed by atoms with Crippen LogP contribution in [0.15, 0.2) is 46.0 Å². The number of sulfonamides is 1. The molecule has 8 heteroatoms. The molecule has 2 aromatic heterocycles. The highest BCUT2D eigenvalue weighted by atomic mass is 35.5. The molecule has 4 rings (SSSR count). The fourth-order valence-electron chi connectivity index (χ4n) is 3.33. The summed E-state index contributed by atoms with van der Waals surface area (Å²) in [6, 6.07) is 11.0. The molecule has 3 aromatic rings. The molecule has 140 valence electrons. The molecule has 0 fully saturated rings. The standard InChI is InChI=1S/C19H18ClN3O2S2/c1-13-21-17-9-11-23(27(24,25)18-3-2-12-26-18)10-8-16(17)19(22-13)14-4-6-15(20)7-5-14/h2-7,12H,8-11H2,1H3. The van der Waals surface area contributed by atoms with Crippen molar-refractivity contribution in [1.82, 2.24) is 14.3 Å². The van der Waals surface area contributed by atoms with Gasteiger partial charge in [-0.25, -0.2) is 9.97 Å². The highest BCUT2D eigenvalue weighted by Gasteiger charge is 2.33. The minimum absolute atomic E-state index is 0.383. The van der Waals surface area contributed by atoms with Crippen LogP contribution in [0.4, 0.5) is 0 Å². The van der Waals surface area contributed by atoms with E-state index in [-0.39, 0.29) is 0 Å². The molecule has 5 nitrogen and oxygen atoms in total. The number of rotatable bonds is 3. The number of hydrogen-bond donors (Lipinski definition) is 0. The van der Waals surface area contributed by atoms with Crippen LogP contribution in [-0.2, 0) is 27.5 Å². The first-order valence-corrected chi connectivity index (χ1v) is 11.3. The third-order valence-electron chi connectivity index (χ3n) is 4.62. The zero-order valence-corrected chi connectivity index (χ0v) is 17.1. The summed E-state index contributed by atoms with van der Waals surface area (Å²) in [5.74, 6) is 0.688. The Balaban J connectivity index is 1.69. The number of nitrogens with zero attached hydrogens (tertiary/aromatic N) is 3. The van der Waals surface area contributed by atoms with Crippen LogP contribution in [0.3, 0.4) is 0 Å². The van der Waals surface area contributed by atoms with Crippen LogP contribution in [0, 0.1) is 6.92 Å². The van der Waals surface area contributed by atoms with Gasteiger partial charge in [0, 0.05) is 40.9 Å². The van der Waals surface area contributed by atoms with E-state index in [9.17, 15) is 8.76 Å². The zero-order chi connectivity index (χ0) is 19.0. The molecule has 0 saturated heterocycles. The predicted octanol–water partition coefficient (Wildman–Crippen LogP) is 4.17. The van der Waals surface area contributed by atoms with Gasteiger partial charge in [0.25, 0.3) is 0 Å². The number of aromatic nitrogens is 2. The number of hydrogen-bond acceptors (Lipinski definition) is 5. The van der Waals surface area contributed by atoms with E-state index in [4.69, 9.17) is 11.6 Å². The summed E-state index contributed by atoms with van der Waals surface area (Å²) >= 11 is 7.26. The van der Waals surface area contributed by atoms with Gasteiger partial charge in [-0.2, -0.15) is 0 Å². The second-order valence-corrected chi connectivity index (χ2v) is 9.94. The Morgan fingerprint density at radius 3 is 2.59 bits per heavy atom. The topological polar surface area (TPSA) is 69.2 Å². The summed E-state index contributed by atoms with van der Waals surface area (Å²) in [4.78, 5) is 9.25. The lowest BCUT2D eigenvalue weighted by molar-refractivity contribution is 0.365. The van der Waals surface area contributed by atoms with E-state index in [1.54, 1.807) is 21.8 Å². The Hall–Kier alpha value is -1.64. The third-order valence-corrected chi connectivity index (χ3v) is 8.14. The molecule has 0 amide bonds. The maximum Gasteiger partial charge on any atom is 0.229 e. The van der Waals surface area contributed by atoms with E-state index in [0.717, 1.165) is 22.5 Å². The molecule has 1 aliphatic heterocycles. The zero-order valence-electron chi connectivity index (χ0n) is 14.7. The first kappa shape index (κ1) is 18.7. The summed E-state index contributed by atoms with van der Waals surface area (Å²) < 4.78 is 27.7. The normalized spacial score (nSPS) is 17.1. The van der Waals surface area contributed by atoms with E-state index in [1.165, 1.54) is 11.3 Å². The molecule has 0 radical (unpaired) electrons. The monoisotopic (exact) mass is 419 g/mol. The lowest BCUT2D eigenvalue weighted by atomic mass is 10.0. The Morgan fingerprint density at radius 1 is 1.15 bits per heavy atom. The van der Waals surface area contributed by atoms with Crippen LogP contribution < -0.4 is 0 Å². The lowest BCUT2D eigenvalue weighted by Crippen LogP contribution is -2.37. The molecule has 0 aliphatic carbocycles. The first-order valence-electron chi connectivity index (χ1n) is 8.61. The van der Waals surface area contributed by atoms with Gasteiger partial charge >= 0.3 is 0 Å². The fraction of sp³-hybridized carbons (Fsp3) is 0.263. The summed E-state index contributed by atoms with van der Waals surface area (Å²) in [7, 11) is -3.47. The van der Waals surface area contributed by atoms with Crippen molar-refractivity contribution in [3.05, 3.63) is 63.9 Å². The molecule has 1 aromatic carbocycles. The molecule has 0 N–H and O–H groups in total. The second kappa shape index (κ2) is 7.41. The van der Waals surface area contributed by atoms with Crippen LogP contribution >= 0.6 is 22.9 Å². The molecule has 1 unspecified atom stereocenters. The van der Waals surface area contributed by atoms with Gasteiger partial charge in [0.05, 0.1) is 12.2 Å². The van der Waals surface area contributed by atoms with Crippen molar-refractivity contribution >= 4 is 33.3 Å².